The van der Waals surface area contributed by atoms with E-state index in [4.69, 9.17) is 10.5 Å². The van der Waals surface area contributed by atoms with Gasteiger partial charge in [-0.25, -0.2) is 0 Å². The SMILES string of the molecule is CC1(C)CC(C)(c2ccccc2)c2ccccc21.N#CCCC#N. The fourth-order valence-corrected chi connectivity index (χ4v) is 3.80. The molecule has 2 aromatic rings. The van der Waals surface area contributed by atoms with Gasteiger partial charge in [0, 0.05) is 18.3 Å². The van der Waals surface area contributed by atoms with Crippen LogP contribution in [0.3, 0.4) is 0 Å². The van der Waals surface area contributed by atoms with E-state index in [9.17, 15) is 0 Å². The largest absolute Gasteiger partial charge is 0.198 e. The number of rotatable bonds is 2. The summed E-state index contributed by atoms with van der Waals surface area (Å²) >= 11 is 0. The van der Waals surface area contributed by atoms with Gasteiger partial charge >= 0.3 is 0 Å². The number of unbranched alkanes of at least 4 members (excludes halogenated alkanes) is 1. The third-order valence-corrected chi connectivity index (χ3v) is 4.81. The van der Waals surface area contributed by atoms with E-state index in [0.29, 0.717) is 12.8 Å². The number of benzene rings is 2. The first-order valence-corrected chi connectivity index (χ1v) is 8.35. The Morgan fingerprint density at radius 1 is 0.792 bits per heavy atom. The van der Waals surface area contributed by atoms with Crippen LogP contribution in [-0.4, -0.2) is 0 Å². The van der Waals surface area contributed by atoms with Crippen LogP contribution in [0.4, 0.5) is 0 Å². The molecule has 0 bridgehead atoms. The maximum absolute atomic E-state index is 7.80. The van der Waals surface area contributed by atoms with Crippen LogP contribution in [0, 0.1) is 22.7 Å². The molecule has 0 aliphatic heterocycles. The molecule has 0 heterocycles. The summed E-state index contributed by atoms with van der Waals surface area (Å²) < 4.78 is 0. The lowest BCUT2D eigenvalue weighted by Crippen LogP contribution is -2.23. The second-order valence-electron chi connectivity index (χ2n) is 7.12. The Balaban J connectivity index is 0.000000301. The maximum atomic E-state index is 7.80. The molecule has 1 unspecified atom stereocenters. The number of hydrogen-bond donors (Lipinski definition) is 0. The summed E-state index contributed by atoms with van der Waals surface area (Å²) in [5.41, 5.74) is 4.86. The van der Waals surface area contributed by atoms with E-state index in [1.54, 1.807) is 0 Å². The van der Waals surface area contributed by atoms with Crippen LogP contribution in [0.2, 0.25) is 0 Å². The van der Waals surface area contributed by atoms with Gasteiger partial charge in [-0.3, -0.25) is 0 Å². The predicted octanol–water partition coefficient (Wildman–Crippen LogP) is 5.49. The average molecular weight is 316 g/mol. The first-order chi connectivity index (χ1) is 11.5. The molecule has 2 aromatic carbocycles. The maximum Gasteiger partial charge on any atom is 0.0632 e. The molecule has 3 rings (SSSR count). The van der Waals surface area contributed by atoms with Crippen molar-refractivity contribution in [2.24, 2.45) is 0 Å². The van der Waals surface area contributed by atoms with Gasteiger partial charge in [0.1, 0.15) is 0 Å². The molecule has 0 fully saturated rings. The topological polar surface area (TPSA) is 47.6 Å². The van der Waals surface area contributed by atoms with E-state index in [-0.39, 0.29) is 10.8 Å². The molecule has 1 aliphatic rings. The zero-order valence-electron chi connectivity index (χ0n) is 14.7. The first kappa shape index (κ1) is 17.8. The number of nitrogens with zero attached hydrogens (tertiary/aromatic N) is 2. The third-order valence-electron chi connectivity index (χ3n) is 4.81. The summed E-state index contributed by atoms with van der Waals surface area (Å²) in [7, 11) is 0. The highest BCUT2D eigenvalue weighted by Crippen LogP contribution is 2.52. The monoisotopic (exact) mass is 316 g/mol. The van der Waals surface area contributed by atoms with Crippen molar-refractivity contribution < 1.29 is 0 Å². The zero-order chi connectivity index (χ0) is 17.6. The van der Waals surface area contributed by atoms with Crippen molar-refractivity contribution >= 4 is 0 Å². The number of hydrogen-bond acceptors (Lipinski definition) is 2. The Labute approximate surface area is 145 Å². The molecule has 24 heavy (non-hydrogen) atoms. The molecule has 1 aliphatic carbocycles. The highest BCUT2D eigenvalue weighted by molar-refractivity contribution is 5.51. The van der Waals surface area contributed by atoms with E-state index in [1.165, 1.54) is 23.1 Å². The van der Waals surface area contributed by atoms with Crippen LogP contribution in [0.15, 0.2) is 54.6 Å². The molecule has 122 valence electrons. The Kier molecular flexibility index (Phi) is 5.42. The van der Waals surface area contributed by atoms with Crippen molar-refractivity contribution in [1.29, 1.82) is 10.5 Å². The normalized spacial score (nSPS) is 20.0. The predicted molar refractivity (Wildman–Crippen MR) is 97.4 cm³/mol. The molecule has 0 spiro atoms. The first-order valence-electron chi connectivity index (χ1n) is 8.35. The van der Waals surface area contributed by atoms with E-state index in [2.05, 4.69) is 75.4 Å². The molecule has 0 N–H and O–H groups in total. The minimum atomic E-state index is 0.154. The minimum absolute atomic E-state index is 0.154. The van der Waals surface area contributed by atoms with Crippen molar-refractivity contribution in [1.82, 2.24) is 0 Å². The molecule has 1 atom stereocenters. The fraction of sp³-hybridized carbons (Fsp3) is 0.364. The van der Waals surface area contributed by atoms with Gasteiger partial charge in [-0.2, -0.15) is 10.5 Å². The van der Waals surface area contributed by atoms with Gasteiger partial charge in [0.25, 0.3) is 0 Å². The molecule has 2 heteroatoms. The van der Waals surface area contributed by atoms with Crippen molar-refractivity contribution in [3.05, 3.63) is 71.3 Å². The van der Waals surface area contributed by atoms with E-state index < -0.39 is 0 Å². The molecule has 2 nitrogen and oxygen atoms in total. The Morgan fingerprint density at radius 3 is 1.83 bits per heavy atom. The summed E-state index contributed by atoms with van der Waals surface area (Å²) in [5.74, 6) is 0. The highest BCUT2D eigenvalue weighted by atomic mass is 14.5. The molecular weight excluding hydrogens is 292 g/mol. The van der Waals surface area contributed by atoms with Crippen molar-refractivity contribution in [3.63, 3.8) is 0 Å². The summed E-state index contributed by atoms with van der Waals surface area (Å²) in [6.45, 7) is 7.11. The molecule has 0 aromatic heterocycles. The standard InChI is InChI=1S/C18H20.C4H4N2/c1-17(2)13-18(3,14-9-5-4-6-10-14)16-12-8-7-11-15(16)17;5-3-1-2-4-6/h4-12H,13H2,1-3H3;1-2H2. The molecule has 0 amide bonds. The Morgan fingerprint density at radius 2 is 1.29 bits per heavy atom. The lowest BCUT2D eigenvalue weighted by Gasteiger charge is -2.28. The van der Waals surface area contributed by atoms with Crippen LogP contribution >= 0.6 is 0 Å². The van der Waals surface area contributed by atoms with Gasteiger partial charge in [-0.15, -0.1) is 0 Å². The van der Waals surface area contributed by atoms with Gasteiger partial charge in [0.05, 0.1) is 12.1 Å². The van der Waals surface area contributed by atoms with Crippen molar-refractivity contribution in [2.75, 3.05) is 0 Å². The van der Waals surface area contributed by atoms with Crippen molar-refractivity contribution in [3.8, 4) is 12.1 Å². The second kappa shape index (κ2) is 7.33. The quantitative estimate of drug-likeness (QED) is 0.688. The van der Waals surface area contributed by atoms with Gasteiger partial charge < -0.3 is 0 Å². The minimum Gasteiger partial charge on any atom is -0.198 e. The summed E-state index contributed by atoms with van der Waals surface area (Å²) in [5, 5.41) is 15.6. The lowest BCUT2D eigenvalue weighted by molar-refractivity contribution is 0.425. The van der Waals surface area contributed by atoms with Gasteiger partial charge in [-0.05, 0) is 28.5 Å². The van der Waals surface area contributed by atoms with Crippen LogP contribution in [0.5, 0.6) is 0 Å². The number of fused-ring (bicyclic) bond motifs is 1. The molecule has 0 saturated carbocycles. The van der Waals surface area contributed by atoms with Crippen LogP contribution in [0.25, 0.3) is 0 Å². The lowest BCUT2D eigenvalue weighted by atomic mass is 9.75. The summed E-state index contributed by atoms with van der Waals surface area (Å²) in [6, 6.07) is 23.5. The highest BCUT2D eigenvalue weighted by Gasteiger charge is 2.45. The fourth-order valence-electron chi connectivity index (χ4n) is 3.80. The summed E-state index contributed by atoms with van der Waals surface area (Å²) in [4.78, 5) is 0. The second-order valence-corrected chi connectivity index (χ2v) is 7.12. The van der Waals surface area contributed by atoms with Gasteiger partial charge in [-0.1, -0.05) is 75.4 Å². The number of nitriles is 2. The van der Waals surface area contributed by atoms with Crippen molar-refractivity contribution in [2.45, 2.75) is 50.9 Å². The molecule has 0 radical (unpaired) electrons. The van der Waals surface area contributed by atoms with Gasteiger partial charge in [0.2, 0.25) is 0 Å². The third kappa shape index (κ3) is 3.50. The Hall–Kier alpha value is -2.58. The van der Waals surface area contributed by atoms with E-state index in [0.717, 1.165) is 0 Å². The van der Waals surface area contributed by atoms with Crippen LogP contribution in [-0.2, 0) is 10.8 Å². The smallest absolute Gasteiger partial charge is 0.0632 e. The van der Waals surface area contributed by atoms with E-state index >= 15 is 0 Å². The van der Waals surface area contributed by atoms with Crippen LogP contribution < -0.4 is 0 Å². The average Bonchev–Trinajstić information content (AvgIpc) is 2.82. The molecular formula is C22H24N2. The Bertz CT molecular complexity index is 749. The van der Waals surface area contributed by atoms with Gasteiger partial charge in [0.15, 0.2) is 0 Å². The molecule has 0 saturated heterocycles. The summed E-state index contributed by atoms with van der Waals surface area (Å²) in [6.07, 6.45) is 1.90. The zero-order valence-corrected chi connectivity index (χ0v) is 14.7. The van der Waals surface area contributed by atoms with E-state index in [1.807, 2.05) is 12.1 Å². The van der Waals surface area contributed by atoms with Crippen LogP contribution in [0.1, 0.15) is 56.7 Å².